The highest BCUT2D eigenvalue weighted by Gasteiger charge is 2.20. The molecule has 5 aromatic carbocycles. The molecule has 0 fully saturated rings. The van der Waals surface area contributed by atoms with Crippen molar-refractivity contribution in [2.45, 2.75) is 13.0 Å². The molecule has 0 bridgehead atoms. The van der Waals surface area contributed by atoms with Crippen LogP contribution in [0.15, 0.2) is 146 Å². The Kier molecular flexibility index (Phi) is 6.54. The van der Waals surface area contributed by atoms with E-state index in [1.54, 1.807) is 6.20 Å². The standard InChI is InChI=1S/C41H32N4/c1-27-34-9-4-5-12-41(34)45(40(27)21-22-42)33-18-15-28(16-19-33)32-25-38(44-39(26-32)37-11-6-7-23-43-37)31-17-20-36-30(24-31)14-13-29-8-2-3-10-35(29)36/h2-26,39,44H,42H2,1H3/b22-21-. The van der Waals surface area contributed by atoms with Gasteiger partial charge in [0.25, 0.3) is 0 Å². The molecule has 8 rings (SSSR count). The van der Waals surface area contributed by atoms with Gasteiger partial charge in [-0.3, -0.25) is 4.98 Å². The van der Waals surface area contributed by atoms with Crippen molar-refractivity contribution in [2.24, 2.45) is 5.73 Å². The fraction of sp³-hybridized carbons (Fsp3) is 0.0488. The van der Waals surface area contributed by atoms with Gasteiger partial charge in [-0.25, -0.2) is 0 Å². The molecule has 45 heavy (non-hydrogen) atoms. The molecule has 1 aliphatic rings. The molecule has 7 aromatic rings. The topological polar surface area (TPSA) is 55.9 Å². The summed E-state index contributed by atoms with van der Waals surface area (Å²) in [6.45, 7) is 2.15. The van der Waals surface area contributed by atoms with Gasteiger partial charge in [0.05, 0.1) is 22.9 Å². The second kappa shape index (κ2) is 11.0. The number of allylic oxidation sites excluding steroid dienone is 2. The van der Waals surface area contributed by atoms with Crippen LogP contribution in [0.1, 0.15) is 34.1 Å². The quantitative estimate of drug-likeness (QED) is 0.200. The van der Waals surface area contributed by atoms with E-state index in [2.05, 4.69) is 138 Å². The van der Waals surface area contributed by atoms with E-state index in [-0.39, 0.29) is 6.04 Å². The molecular formula is C41H32N4. The van der Waals surface area contributed by atoms with Crippen molar-refractivity contribution >= 4 is 49.8 Å². The minimum Gasteiger partial charge on any atom is -0.405 e. The Morgan fingerprint density at radius 2 is 1.47 bits per heavy atom. The zero-order valence-corrected chi connectivity index (χ0v) is 25.0. The first-order valence-electron chi connectivity index (χ1n) is 15.3. The minimum atomic E-state index is -0.0643. The lowest BCUT2D eigenvalue weighted by atomic mass is 9.93. The predicted molar refractivity (Wildman–Crippen MR) is 189 cm³/mol. The van der Waals surface area contributed by atoms with Gasteiger partial charge in [0.2, 0.25) is 0 Å². The van der Waals surface area contributed by atoms with Crippen LogP contribution in [0, 0.1) is 6.92 Å². The number of nitrogens with zero attached hydrogens (tertiary/aromatic N) is 2. The molecule has 0 spiro atoms. The van der Waals surface area contributed by atoms with Crippen LogP contribution in [0.2, 0.25) is 0 Å². The summed E-state index contributed by atoms with van der Waals surface area (Å²) in [4.78, 5) is 4.70. The minimum absolute atomic E-state index is 0.0643. The van der Waals surface area contributed by atoms with E-state index >= 15 is 0 Å². The zero-order chi connectivity index (χ0) is 30.3. The first kappa shape index (κ1) is 26.7. The van der Waals surface area contributed by atoms with Crippen molar-refractivity contribution in [3.05, 3.63) is 174 Å². The zero-order valence-electron chi connectivity index (χ0n) is 25.0. The van der Waals surface area contributed by atoms with Crippen molar-refractivity contribution in [3.63, 3.8) is 0 Å². The van der Waals surface area contributed by atoms with Gasteiger partial charge in [0.1, 0.15) is 0 Å². The third kappa shape index (κ3) is 4.68. The number of nitrogens with one attached hydrogen (secondary N) is 1. The smallest absolute Gasteiger partial charge is 0.0879 e. The number of aryl methyl sites for hydroxylation is 1. The predicted octanol–water partition coefficient (Wildman–Crippen LogP) is 9.34. The molecule has 1 atom stereocenters. The fourth-order valence-electron chi connectivity index (χ4n) is 6.67. The summed E-state index contributed by atoms with van der Waals surface area (Å²) in [6.07, 6.45) is 9.99. The molecule has 4 nitrogen and oxygen atoms in total. The normalized spacial score (nSPS) is 15.0. The summed E-state index contributed by atoms with van der Waals surface area (Å²) in [6, 6.07) is 43.1. The van der Waals surface area contributed by atoms with E-state index in [0.29, 0.717) is 0 Å². The molecule has 0 saturated heterocycles. The summed E-state index contributed by atoms with van der Waals surface area (Å²) in [5.41, 5.74) is 15.9. The number of nitrogens with two attached hydrogens (primary N) is 1. The molecule has 0 saturated carbocycles. The van der Waals surface area contributed by atoms with E-state index in [1.165, 1.54) is 38.0 Å². The first-order valence-corrected chi connectivity index (χ1v) is 15.3. The molecule has 0 amide bonds. The van der Waals surface area contributed by atoms with Crippen molar-refractivity contribution in [1.82, 2.24) is 14.9 Å². The highest BCUT2D eigenvalue weighted by Crippen LogP contribution is 2.35. The van der Waals surface area contributed by atoms with E-state index in [1.807, 2.05) is 24.4 Å². The molecule has 3 N–H and O–H groups in total. The van der Waals surface area contributed by atoms with Gasteiger partial charge >= 0.3 is 0 Å². The average molecular weight is 581 g/mol. The van der Waals surface area contributed by atoms with Crippen molar-refractivity contribution < 1.29 is 0 Å². The number of fused-ring (bicyclic) bond motifs is 4. The average Bonchev–Trinajstić information content (AvgIpc) is 3.39. The van der Waals surface area contributed by atoms with Gasteiger partial charge in [-0.1, -0.05) is 84.9 Å². The van der Waals surface area contributed by atoms with Crippen LogP contribution in [-0.4, -0.2) is 9.55 Å². The largest absolute Gasteiger partial charge is 0.405 e. The lowest BCUT2D eigenvalue weighted by Gasteiger charge is -2.25. The number of hydrogen-bond donors (Lipinski definition) is 2. The highest BCUT2D eigenvalue weighted by molar-refractivity contribution is 6.08. The Hall–Kier alpha value is -5.87. The van der Waals surface area contributed by atoms with E-state index in [9.17, 15) is 0 Å². The maximum Gasteiger partial charge on any atom is 0.0879 e. The van der Waals surface area contributed by atoms with Gasteiger partial charge in [-0.2, -0.15) is 0 Å². The van der Waals surface area contributed by atoms with Crippen LogP contribution in [0.4, 0.5) is 0 Å². The van der Waals surface area contributed by atoms with Crippen molar-refractivity contribution in [1.29, 1.82) is 0 Å². The molecule has 0 radical (unpaired) electrons. The van der Waals surface area contributed by atoms with Crippen LogP contribution >= 0.6 is 0 Å². The van der Waals surface area contributed by atoms with E-state index in [0.717, 1.165) is 39.5 Å². The summed E-state index contributed by atoms with van der Waals surface area (Å²) < 4.78 is 2.28. The molecular weight excluding hydrogens is 548 g/mol. The van der Waals surface area contributed by atoms with Crippen LogP contribution in [0.5, 0.6) is 0 Å². The SMILES string of the molecule is Cc1c(/C=C\N)n(-c2ccc(C3=CC(c4ccccn4)NC(c4ccc5c(ccc6ccccc65)c4)=C3)cc2)c2ccccc12. The van der Waals surface area contributed by atoms with E-state index in [4.69, 9.17) is 10.7 Å². The summed E-state index contributed by atoms with van der Waals surface area (Å²) in [5, 5.41) is 10.0. The third-order valence-electron chi connectivity index (χ3n) is 8.91. The number of hydrogen-bond acceptors (Lipinski definition) is 3. The lowest BCUT2D eigenvalue weighted by molar-refractivity contribution is 0.739. The maximum atomic E-state index is 5.88. The first-order chi connectivity index (χ1) is 22.2. The molecule has 1 aliphatic heterocycles. The molecule has 3 heterocycles. The number of benzene rings is 5. The lowest BCUT2D eigenvalue weighted by Crippen LogP contribution is -2.22. The second-order valence-corrected chi connectivity index (χ2v) is 11.5. The monoisotopic (exact) mass is 580 g/mol. The Balaban J connectivity index is 1.22. The molecule has 216 valence electrons. The van der Waals surface area contributed by atoms with Crippen LogP contribution < -0.4 is 11.1 Å². The Labute approximate surface area is 262 Å². The molecule has 2 aromatic heterocycles. The fourth-order valence-corrected chi connectivity index (χ4v) is 6.67. The summed E-state index contributed by atoms with van der Waals surface area (Å²) >= 11 is 0. The van der Waals surface area contributed by atoms with Crippen LogP contribution in [0.25, 0.3) is 55.5 Å². The van der Waals surface area contributed by atoms with Crippen LogP contribution in [0.3, 0.4) is 0 Å². The molecule has 0 aliphatic carbocycles. The van der Waals surface area contributed by atoms with Crippen molar-refractivity contribution in [2.75, 3.05) is 0 Å². The second-order valence-electron chi connectivity index (χ2n) is 11.5. The summed E-state index contributed by atoms with van der Waals surface area (Å²) in [5.74, 6) is 0. The number of para-hydroxylation sites is 1. The van der Waals surface area contributed by atoms with Gasteiger partial charge in [0, 0.05) is 23.0 Å². The van der Waals surface area contributed by atoms with Crippen molar-refractivity contribution in [3.8, 4) is 5.69 Å². The molecule has 4 heteroatoms. The van der Waals surface area contributed by atoms with Gasteiger partial charge < -0.3 is 15.6 Å². The Bertz CT molecular complexity index is 2300. The Morgan fingerprint density at radius 3 is 2.29 bits per heavy atom. The maximum absolute atomic E-state index is 5.88. The van der Waals surface area contributed by atoms with Gasteiger partial charge in [-0.15, -0.1) is 0 Å². The number of pyridine rings is 1. The van der Waals surface area contributed by atoms with Gasteiger partial charge in [0.15, 0.2) is 0 Å². The number of aromatic nitrogens is 2. The third-order valence-corrected chi connectivity index (χ3v) is 8.91. The van der Waals surface area contributed by atoms with E-state index < -0.39 is 0 Å². The highest BCUT2D eigenvalue weighted by atomic mass is 15.0. The summed E-state index contributed by atoms with van der Waals surface area (Å²) in [7, 11) is 0. The van der Waals surface area contributed by atoms with Gasteiger partial charge in [-0.05, 0) is 112 Å². The Morgan fingerprint density at radius 1 is 0.733 bits per heavy atom. The molecule has 1 unspecified atom stereocenters. The van der Waals surface area contributed by atoms with Crippen LogP contribution in [-0.2, 0) is 0 Å². The number of dihydropyridines is 1. The number of rotatable bonds is 5.